The lowest BCUT2D eigenvalue weighted by Gasteiger charge is -2.13. The third kappa shape index (κ3) is 3.19. The lowest BCUT2D eigenvalue weighted by Crippen LogP contribution is -2.28. The molecule has 1 amide bonds. The maximum atomic E-state index is 12.7. The van der Waals surface area contributed by atoms with Gasteiger partial charge in [-0.3, -0.25) is 4.79 Å². The smallest absolute Gasteiger partial charge is 0.268 e. The number of carbonyl (C=O) groups excluding carboxylic acids is 1. The maximum absolute atomic E-state index is 12.7. The van der Waals surface area contributed by atoms with Gasteiger partial charge in [-0.05, 0) is 56.7 Å². The summed E-state index contributed by atoms with van der Waals surface area (Å²) in [5.74, 6) is 0.0838. The molecule has 0 spiro atoms. The van der Waals surface area contributed by atoms with Crippen molar-refractivity contribution in [3.8, 4) is 0 Å². The van der Waals surface area contributed by atoms with Crippen LogP contribution in [0.1, 0.15) is 58.2 Å². The first-order chi connectivity index (χ1) is 11.0. The second-order valence-corrected chi connectivity index (χ2v) is 6.71. The number of hydrogen-bond donors (Lipinski definition) is 1. The molecule has 1 aliphatic rings. The van der Waals surface area contributed by atoms with Crippen molar-refractivity contribution in [1.29, 1.82) is 0 Å². The van der Waals surface area contributed by atoms with E-state index in [0.717, 1.165) is 37.1 Å². The molecule has 2 aromatic rings. The number of aryl methyl sites for hydroxylation is 1. The van der Waals surface area contributed by atoms with Gasteiger partial charge >= 0.3 is 0 Å². The Labute approximate surface area is 138 Å². The number of carbonyl (C=O) groups is 1. The van der Waals surface area contributed by atoms with E-state index in [2.05, 4.69) is 61.8 Å². The van der Waals surface area contributed by atoms with E-state index < -0.39 is 0 Å². The molecular formula is C20H26N2O. The molecule has 1 fully saturated rings. The van der Waals surface area contributed by atoms with Gasteiger partial charge in [0, 0.05) is 18.3 Å². The quantitative estimate of drug-likeness (QED) is 0.892. The molecule has 3 rings (SSSR count). The van der Waals surface area contributed by atoms with E-state index in [1.807, 2.05) is 0 Å². The molecule has 3 nitrogen and oxygen atoms in total. The van der Waals surface area contributed by atoms with Gasteiger partial charge in [-0.1, -0.05) is 36.8 Å². The monoisotopic (exact) mass is 310 g/mol. The van der Waals surface area contributed by atoms with E-state index in [9.17, 15) is 4.79 Å². The zero-order chi connectivity index (χ0) is 16.6. The molecule has 0 unspecified atom stereocenters. The summed E-state index contributed by atoms with van der Waals surface area (Å²) in [6.45, 7) is 9.24. The summed E-state index contributed by atoms with van der Waals surface area (Å²) < 4.78 is 2.20. The summed E-state index contributed by atoms with van der Waals surface area (Å²) in [6, 6.07) is 8.91. The van der Waals surface area contributed by atoms with Crippen LogP contribution in [0.4, 0.5) is 0 Å². The van der Waals surface area contributed by atoms with Crippen molar-refractivity contribution < 1.29 is 4.79 Å². The zero-order valence-corrected chi connectivity index (χ0v) is 14.6. The summed E-state index contributed by atoms with van der Waals surface area (Å²) in [4.78, 5) is 12.7. The van der Waals surface area contributed by atoms with Crippen LogP contribution in [0.25, 0.3) is 0 Å². The second-order valence-electron chi connectivity index (χ2n) is 6.71. The first kappa shape index (κ1) is 15.9. The average Bonchev–Trinajstić information content (AvgIpc) is 3.27. The van der Waals surface area contributed by atoms with Gasteiger partial charge in [0.2, 0.25) is 0 Å². The van der Waals surface area contributed by atoms with E-state index in [0.29, 0.717) is 6.04 Å². The lowest BCUT2D eigenvalue weighted by molar-refractivity contribution is 0.0941. The van der Waals surface area contributed by atoms with Crippen molar-refractivity contribution in [3.05, 3.63) is 57.9 Å². The minimum atomic E-state index is 0.0838. The molecular weight excluding hydrogens is 284 g/mol. The predicted molar refractivity (Wildman–Crippen MR) is 94.1 cm³/mol. The van der Waals surface area contributed by atoms with Crippen molar-refractivity contribution >= 4 is 5.91 Å². The van der Waals surface area contributed by atoms with Gasteiger partial charge < -0.3 is 9.88 Å². The van der Waals surface area contributed by atoms with E-state index in [4.69, 9.17) is 0 Å². The zero-order valence-electron chi connectivity index (χ0n) is 14.6. The van der Waals surface area contributed by atoms with Gasteiger partial charge in [0.15, 0.2) is 0 Å². The van der Waals surface area contributed by atoms with E-state index >= 15 is 0 Å². The highest BCUT2D eigenvalue weighted by Crippen LogP contribution is 2.26. The first-order valence-corrected chi connectivity index (χ1v) is 8.56. The molecule has 1 N–H and O–H groups in total. The Balaban J connectivity index is 2.00. The van der Waals surface area contributed by atoms with Gasteiger partial charge in [-0.2, -0.15) is 0 Å². The molecule has 1 saturated carbocycles. The first-order valence-electron chi connectivity index (χ1n) is 8.56. The van der Waals surface area contributed by atoms with Crippen LogP contribution in [0.15, 0.2) is 24.3 Å². The summed E-state index contributed by atoms with van der Waals surface area (Å²) in [5, 5.41) is 3.15. The fourth-order valence-corrected chi connectivity index (χ4v) is 3.43. The van der Waals surface area contributed by atoms with Gasteiger partial charge in [-0.25, -0.2) is 0 Å². The lowest BCUT2D eigenvalue weighted by atomic mass is 10.1. The predicted octanol–water partition coefficient (Wildman–Crippen LogP) is 3.92. The number of amides is 1. The Hall–Kier alpha value is -2.03. The second kappa shape index (κ2) is 6.23. The van der Waals surface area contributed by atoms with Crippen molar-refractivity contribution in [2.45, 2.75) is 59.5 Å². The normalized spacial score (nSPS) is 14.1. The van der Waals surface area contributed by atoms with Crippen LogP contribution in [-0.2, 0) is 13.0 Å². The number of rotatable bonds is 5. The van der Waals surface area contributed by atoms with Crippen molar-refractivity contribution in [2.75, 3.05) is 0 Å². The van der Waals surface area contributed by atoms with Crippen LogP contribution in [0.3, 0.4) is 0 Å². The third-order valence-electron chi connectivity index (χ3n) is 4.82. The Morgan fingerprint density at radius 3 is 2.61 bits per heavy atom. The molecule has 1 heterocycles. The maximum Gasteiger partial charge on any atom is 0.268 e. The van der Waals surface area contributed by atoms with Crippen LogP contribution in [-0.4, -0.2) is 16.5 Å². The van der Waals surface area contributed by atoms with Crippen molar-refractivity contribution in [1.82, 2.24) is 9.88 Å². The molecule has 122 valence electrons. The van der Waals surface area contributed by atoms with E-state index in [1.54, 1.807) is 0 Å². The minimum absolute atomic E-state index is 0.0838. The molecule has 0 aliphatic heterocycles. The van der Waals surface area contributed by atoms with Crippen molar-refractivity contribution in [3.63, 3.8) is 0 Å². The van der Waals surface area contributed by atoms with Crippen LogP contribution in [0.5, 0.6) is 0 Å². The number of benzene rings is 1. The van der Waals surface area contributed by atoms with E-state index in [-0.39, 0.29) is 5.91 Å². The Kier molecular flexibility index (Phi) is 4.29. The largest absolute Gasteiger partial charge is 0.348 e. The molecule has 1 aromatic heterocycles. The summed E-state index contributed by atoms with van der Waals surface area (Å²) in [5.41, 5.74) is 6.99. The molecule has 1 aromatic carbocycles. The molecule has 0 atom stereocenters. The highest BCUT2D eigenvalue weighted by Gasteiger charge is 2.28. The number of aromatic nitrogens is 1. The van der Waals surface area contributed by atoms with Crippen LogP contribution < -0.4 is 5.32 Å². The molecule has 23 heavy (non-hydrogen) atoms. The van der Waals surface area contributed by atoms with Crippen LogP contribution in [0, 0.1) is 20.8 Å². The number of nitrogens with zero attached hydrogens (tertiary/aromatic N) is 1. The third-order valence-corrected chi connectivity index (χ3v) is 4.82. The fraction of sp³-hybridized carbons (Fsp3) is 0.450. The molecule has 0 saturated heterocycles. The summed E-state index contributed by atoms with van der Waals surface area (Å²) >= 11 is 0. The average molecular weight is 310 g/mol. The summed E-state index contributed by atoms with van der Waals surface area (Å²) in [7, 11) is 0. The Morgan fingerprint density at radius 2 is 2.00 bits per heavy atom. The Bertz CT molecular complexity index is 738. The van der Waals surface area contributed by atoms with E-state index in [1.165, 1.54) is 22.4 Å². The molecule has 0 radical (unpaired) electrons. The van der Waals surface area contributed by atoms with Gasteiger partial charge in [0.05, 0.1) is 0 Å². The molecule has 3 heteroatoms. The number of nitrogens with one attached hydrogen (secondary N) is 1. The number of hydrogen-bond acceptors (Lipinski definition) is 1. The highest BCUT2D eigenvalue weighted by molar-refractivity contribution is 5.95. The molecule has 1 aliphatic carbocycles. The fourth-order valence-electron chi connectivity index (χ4n) is 3.43. The SMILES string of the molecule is CCc1c(C)c(C(=O)NC2CC2)n(Cc2cccc(C)c2)c1C. The highest BCUT2D eigenvalue weighted by atomic mass is 16.2. The molecule has 0 bridgehead atoms. The van der Waals surface area contributed by atoms with Gasteiger partial charge in [-0.15, -0.1) is 0 Å². The minimum Gasteiger partial charge on any atom is -0.348 e. The Morgan fingerprint density at radius 1 is 1.26 bits per heavy atom. The van der Waals surface area contributed by atoms with Crippen molar-refractivity contribution in [2.24, 2.45) is 0 Å². The van der Waals surface area contributed by atoms with Crippen LogP contribution >= 0.6 is 0 Å². The topological polar surface area (TPSA) is 34.0 Å². The van der Waals surface area contributed by atoms with Gasteiger partial charge in [0.1, 0.15) is 5.69 Å². The summed E-state index contributed by atoms with van der Waals surface area (Å²) in [6.07, 6.45) is 3.19. The van der Waals surface area contributed by atoms with Gasteiger partial charge in [0.25, 0.3) is 5.91 Å². The standard InChI is InChI=1S/C20H26N2O/c1-5-18-14(3)19(20(23)21-17-9-10-17)22(15(18)4)12-16-8-6-7-13(2)11-16/h6-8,11,17H,5,9-10,12H2,1-4H3,(H,21,23). The van der Waals surface area contributed by atoms with Crippen LogP contribution in [0.2, 0.25) is 0 Å².